The molecule has 0 aliphatic heterocycles. The van der Waals surface area contributed by atoms with Crippen molar-refractivity contribution in [2.45, 2.75) is 33.6 Å². The van der Waals surface area contributed by atoms with Gasteiger partial charge in [-0.3, -0.25) is 14.4 Å². The maximum absolute atomic E-state index is 12.1. The minimum Gasteiger partial charge on any atom is -0.468 e. The van der Waals surface area contributed by atoms with Crippen LogP contribution >= 0.6 is 0 Å². The Kier molecular flexibility index (Phi) is 4.73. The minimum atomic E-state index is -1.49. The number of Topliss-reactive ketones (excluding diaryl/α,β-unsaturated/α-hetero) is 1. The van der Waals surface area contributed by atoms with Crippen molar-refractivity contribution in [3.05, 3.63) is 12.2 Å². The number of carbonyl (C=O) groups is 3. The molecule has 1 atom stereocenters. The fourth-order valence-corrected chi connectivity index (χ4v) is 2.36. The van der Waals surface area contributed by atoms with Crippen LogP contribution in [0.3, 0.4) is 0 Å². The van der Waals surface area contributed by atoms with Gasteiger partial charge in [-0.05, 0) is 11.8 Å². The molecule has 0 radical (unpaired) electrons. The summed E-state index contributed by atoms with van der Waals surface area (Å²) in [7, 11) is 2.41. The Morgan fingerprint density at radius 3 is 2.10 bits per heavy atom. The number of esters is 2. The molecule has 1 aliphatic rings. The van der Waals surface area contributed by atoms with E-state index in [-0.39, 0.29) is 24.0 Å². The molecule has 0 aromatic carbocycles. The number of allylic oxidation sites excluding steroid dienone is 2. The Labute approximate surface area is 119 Å². The summed E-state index contributed by atoms with van der Waals surface area (Å²) in [6.07, 6.45) is 3.64. The first-order valence-corrected chi connectivity index (χ1v) is 6.55. The lowest BCUT2D eigenvalue weighted by molar-refractivity contribution is -0.169. The molecule has 20 heavy (non-hydrogen) atoms. The third kappa shape index (κ3) is 3.26. The molecule has 112 valence electrons. The molecule has 0 aromatic heterocycles. The first kappa shape index (κ1) is 16.4. The Morgan fingerprint density at radius 2 is 1.70 bits per heavy atom. The molecule has 1 rings (SSSR count). The van der Waals surface area contributed by atoms with Crippen LogP contribution in [0.5, 0.6) is 0 Å². The molecule has 1 fully saturated rings. The quantitative estimate of drug-likeness (QED) is 0.449. The third-order valence-corrected chi connectivity index (χ3v) is 3.44. The highest BCUT2D eigenvalue weighted by atomic mass is 16.5. The van der Waals surface area contributed by atoms with Crippen LogP contribution in [-0.4, -0.2) is 31.9 Å². The second kappa shape index (κ2) is 5.77. The van der Waals surface area contributed by atoms with Crippen LogP contribution in [0.4, 0.5) is 0 Å². The Balaban J connectivity index is 3.04. The van der Waals surface area contributed by atoms with Crippen molar-refractivity contribution < 1.29 is 23.9 Å². The van der Waals surface area contributed by atoms with Gasteiger partial charge in [0.2, 0.25) is 0 Å². The van der Waals surface area contributed by atoms with Gasteiger partial charge in [-0.2, -0.15) is 0 Å². The van der Waals surface area contributed by atoms with Crippen molar-refractivity contribution in [3.8, 4) is 0 Å². The lowest BCUT2D eigenvalue weighted by Gasteiger charge is -2.22. The van der Waals surface area contributed by atoms with Gasteiger partial charge in [-0.1, -0.05) is 32.9 Å². The number of methoxy groups -OCH3 is 2. The zero-order valence-electron chi connectivity index (χ0n) is 12.7. The van der Waals surface area contributed by atoms with Crippen molar-refractivity contribution >= 4 is 17.7 Å². The van der Waals surface area contributed by atoms with Crippen LogP contribution in [0.15, 0.2) is 12.2 Å². The van der Waals surface area contributed by atoms with Crippen molar-refractivity contribution in [2.75, 3.05) is 14.2 Å². The van der Waals surface area contributed by atoms with E-state index in [1.54, 1.807) is 6.08 Å². The number of ketones is 1. The monoisotopic (exact) mass is 282 g/mol. The smallest absolute Gasteiger partial charge is 0.323 e. The molecule has 5 heteroatoms. The molecule has 1 unspecified atom stereocenters. The average Bonchev–Trinajstić information content (AvgIpc) is 2.72. The van der Waals surface area contributed by atoms with Gasteiger partial charge >= 0.3 is 11.9 Å². The van der Waals surface area contributed by atoms with Gasteiger partial charge in [-0.25, -0.2) is 0 Å². The van der Waals surface area contributed by atoms with E-state index < -0.39 is 23.3 Å². The lowest BCUT2D eigenvalue weighted by Crippen LogP contribution is -2.39. The molecular formula is C15H22O5. The van der Waals surface area contributed by atoms with Gasteiger partial charge in [0.25, 0.3) is 0 Å². The molecule has 0 N–H and O–H groups in total. The number of carbonyl (C=O) groups excluding carboxylic acids is 3. The van der Waals surface area contributed by atoms with Crippen LogP contribution in [0.1, 0.15) is 33.6 Å². The molecule has 1 aliphatic carbocycles. The highest BCUT2D eigenvalue weighted by Crippen LogP contribution is 2.42. The van der Waals surface area contributed by atoms with Gasteiger partial charge in [0.15, 0.2) is 5.41 Å². The van der Waals surface area contributed by atoms with Gasteiger partial charge in [0.05, 0.1) is 14.2 Å². The molecule has 0 aromatic rings. The summed E-state index contributed by atoms with van der Waals surface area (Å²) in [6.45, 7) is 6.03. The van der Waals surface area contributed by atoms with Crippen LogP contribution < -0.4 is 0 Å². The van der Waals surface area contributed by atoms with E-state index in [0.717, 1.165) is 0 Å². The second-order valence-corrected chi connectivity index (χ2v) is 6.24. The maximum Gasteiger partial charge on any atom is 0.323 e. The first-order valence-electron chi connectivity index (χ1n) is 6.55. The summed E-state index contributed by atoms with van der Waals surface area (Å²) in [5.74, 6) is -2.00. The highest BCUT2D eigenvalue weighted by Gasteiger charge is 2.56. The Morgan fingerprint density at radius 1 is 1.20 bits per heavy atom. The molecule has 0 amide bonds. The SMILES string of the molecule is COC(=O)C1(C(=O)OC)CC(=O)C(/C=C\C(C)(C)C)C1. The fourth-order valence-electron chi connectivity index (χ4n) is 2.36. The number of ether oxygens (including phenoxy) is 2. The van der Waals surface area contributed by atoms with Crippen molar-refractivity contribution in [2.24, 2.45) is 16.7 Å². The molecule has 0 saturated heterocycles. The van der Waals surface area contributed by atoms with Gasteiger partial charge in [0.1, 0.15) is 5.78 Å². The summed E-state index contributed by atoms with van der Waals surface area (Å²) in [6, 6.07) is 0. The van der Waals surface area contributed by atoms with Crippen LogP contribution in [0.2, 0.25) is 0 Å². The van der Waals surface area contributed by atoms with Crippen LogP contribution in [-0.2, 0) is 23.9 Å². The van der Waals surface area contributed by atoms with E-state index >= 15 is 0 Å². The summed E-state index contributed by atoms with van der Waals surface area (Å²) in [5, 5.41) is 0. The van der Waals surface area contributed by atoms with Crippen LogP contribution in [0.25, 0.3) is 0 Å². The zero-order chi connectivity index (χ0) is 15.6. The summed E-state index contributed by atoms with van der Waals surface area (Å²) in [4.78, 5) is 35.9. The molecule has 0 bridgehead atoms. The predicted octanol–water partition coefficient (Wildman–Crippen LogP) is 1.90. The molecule has 0 spiro atoms. The molecule has 1 saturated carbocycles. The van der Waals surface area contributed by atoms with E-state index in [1.807, 2.05) is 26.8 Å². The highest BCUT2D eigenvalue weighted by molar-refractivity contribution is 6.07. The van der Waals surface area contributed by atoms with Gasteiger partial charge in [-0.15, -0.1) is 0 Å². The topological polar surface area (TPSA) is 69.7 Å². The molecule has 5 nitrogen and oxygen atoms in total. The van der Waals surface area contributed by atoms with E-state index in [2.05, 4.69) is 9.47 Å². The minimum absolute atomic E-state index is 0.0674. The van der Waals surface area contributed by atoms with E-state index in [9.17, 15) is 14.4 Å². The fraction of sp³-hybridized carbons (Fsp3) is 0.667. The predicted molar refractivity (Wildman–Crippen MR) is 72.8 cm³/mol. The lowest BCUT2D eigenvalue weighted by atomic mass is 9.84. The summed E-state index contributed by atoms with van der Waals surface area (Å²) < 4.78 is 9.37. The van der Waals surface area contributed by atoms with E-state index in [0.29, 0.717) is 0 Å². The van der Waals surface area contributed by atoms with E-state index in [4.69, 9.17) is 0 Å². The zero-order valence-corrected chi connectivity index (χ0v) is 12.7. The standard InChI is InChI=1S/C15H22O5/c1-14(2,3)7-6-10-8-15(9-11(10)16,12(17)19-4)13(18)20-5/h6-7,10H,8-9H2,1-5H3/b7-6-. The molecular weight excluding hydrogens is 260 g/mol. The Hall–Kier alpha value is -1.65. The second-order valence-electron chi connectivity index (χ2n) is 6.24. The van der Waals surface area contributed by atoms with Crippen molar-refractivity contribution in [3.63, 3.8) is 0 Å². The average molecular weight is 282 g/mol. The number of hydrogen-bond acceptors (Lipinski definition) is 5. The van der Waals surface area contributed by atoms with Crippen molar-refractivity contribution in [1.82, 2.24) is 0 Å². The molecule has 0 heterocycles. The summed E-state index contributed by atoms with van der Waals surface area (Å²) in [5.41, 5.74) is -1.56. The normalized spacial score (nSPS) is 22.1. The van der Waals surface area contributed by atoms with Crippen molar-refractivity contribution in [1.29, 1.82) is 0 Å². The van der Waals surface area contributed by atoms with E-state index in [1.165, 1.54) is 14.2 Å². The third-order valence-electron chi connectivity index (χ3n) is 3.44. The summed E-state index contributed by atoms with van der Waals surface area (Å²) >= 11 is 0. The largest absolute Gasteiger partial charge is 0.468 e. The van der Waals surface area contributed by atoms with Gasteiger partial charge in [0, 0.05) is 12.3 Å². The Bertz CT molecular complexity index is 426. The van der Waals surface area contributed by atoms with Gasteiger partial charge < -0.3 is 9.47 Å². The van der Waals surface area contributed by atoms with Crippen LogP contribution in [0, 0.1) is 16.7 Å². The number of rotatable bonds is 3. The first-order chi connectivity index (χ1) is 9.16. The maximum atomic E-state index is 12.1. The number of hydrogen-bond donors (Lipinski definition) is 0.